The fraction of sp³-hybridized carbons (Fsp3) is 0.889. The van der Waals surface area contributed by atoms with Crippen LogP contribution in [0.15, 0.2) is 0 Å². The van der Waals surface area contributed by atoms with Crippen LogP contribution in [0.3, 0.4) is 0 Å². The van der Waals surface area contributed by atoms with E-state index in [0.29, 0.717) is 0 Å². The van der Waals surface area contributed by atoms with Crippen LogP contribution >= 0.6 is 0 Å². The summed E-state index contributed by atoms with van der Waals surface area (Å²) in [6.07, 6.45) is 3.49. The zero-order chi connectivity index (χ0) is 9.26. The Hall–Kier alpha value is -0.610. The fourth-order valence-corrected chi connectivity index (χ4v) is 1.83. The Balaban J connectivity index is 1.90. The summed E-state index contributed by atoms with van der Waals surface area (Å²) >= 11 is 0. The van der Waals surface area contributed by atoms with Crippen LogP contribution in [0.2, 0.25) is 0 Å². The van der Waals surface area contributed by atoms with Gasteiger partial charge in [-0.25, -0.2) is 0 Å². The van der Waals surface area contributed by atoms with Crippen LogP contribution in [-0.2, 0) is 9.53 Å². The van der Waals surface area contributed by atoms with E-state index in [0.717, 1.165) is 26.0 Å². The average Bonchev–Trinajstić information content (AvgIpc) is 2.49. The summed E-state index contributed by atoms with van der Waals surface area (Å²) in [7, 11) is 0. The predicted octanol–water partition coefficient (Wildman–Crippen LogP) is 0.496. The van der Waals surface area contributed by atoms with Gasteiger partial charge in [0, 0.05) is 13.2 Å². The Morgan fingerprint density at radius 3 is 2.92 bits per heavy atom. The van der Waals surface area contributed by atoms with Crippen LogP contribution < -0.4 is 5.43 Å². The van der Waals surface area contributed by atoms with Gasteiger partial charge in [-0.05, 0) is 19.3 Å². The van der Waals surface area contributed by atoms with E-state index >= 15 is 0 Å². The molecule has 1 amide bonds. The summed E-state index contributed by atoms with van der Waals surface area (Å²) < 4.78 is 5.57. The van der Waals surface area contributed by atoms with Gasteiger partial charge < -0.3 is 4.74 Å². The number of nitrogens with one attached hydrogen (secondary N) is 1. The quantitative estimate of drug-likeness (QED) is 0.645. The van der Waals surface area contributed by atoms with Gasteiger partial charge in [0.05, 0.1) is 5.92 Å². The Morgan fingerprint density at radius 2 is 2.38 bits per heavy atom. The standard InChI is InChI=1S/C9H16N2O2/c1-7-6-11(10-9(7)12)8-4-2-3-5-13-8/h7-8H,2-6H2,1H3,(H,10,12). The lowest BCUT2D eigenvalue weighted by molar-refractivity contribution is -0.130. The molecule has 0 radical (unpaired) electrons. The molecule has 4 heteroatoms. The molecule has 2 fully saturated rings. The van der Waals surface area contributed by atoms with Crippen molar-refractivity contribution < 1.29 is 9.53 Å². The number of ether oxygens (including phenoxy) is 1. The Morgan fingerprint density at radius 1 is 1.54 bits per heavy atom. The summed E-state index contributed by atoms with van der Waals surface area (Å²) in [5, 5.41) is 1.94. The van der Waals surface area contributed by atoms with Crippen molar-refractivity contribution in [3.63, 3.8) is 0 Å². The number of nitrogens with zero attached hydrogens (tertiary/aromatic N) is 1. The molecule has 2 saturated heterocycles. The van der Waals surface area contributed by atoms with Crippen molar-refractivity contribution in [2.24, 2.45) is 5.92 Å². The van der Waals surface area contributed by atoms with E-state index in [4.69, 9.17) is 4.74 Å². The first-order chi connectivity index (χ1) is 6.27. The SMILES string of the molecule is CC1CN(C2CCCCO2)NC1=O. The lowest BCUT2D eigenvalue weighted by atomic mass is 10.1. The van der Waals surface area contributed by atoms with Crippen molar-refractivity contribution in [3.05, 3.63) is 0 Å². The fourth-order valence-electron chi connectivity index (χ4n) is 1.83. The van der Waals surface area contributed by atoms with Crippen LogP contribution in [-0.4, -0.2) is 30.3 Å². The van der Waals surface area contributed by atoms with Crippen LogP contribution in [0.4, 0.5) is 0 Å². The molecule has 2 atom stereocenters. The van der Waals surface area contributed by atoms with Gasteiger partial charge in [-0.15, -0.1) is 0 Å². The highest BCUT2D eigenvalue weighted by molar-refractivity contribution is 5.79. The lowest BCUT2D eigenvalue weighted by Crippen LogP contribution is -2.44. The van der Waals surface area contributed by atoms with E-state index in [9.17, 15) is 4.79 Å². The molecule has 13 heavy (non-hydrogen) atoms. The molecule has 2 unspecified atom stereocenters. The van der Waals surface area contributed by atoms with E-state index in [1.165, 1.54) is 6.42 Å². The molecule has 0 aromatic carbocycles. The summed E-state index contributed by atoms with van der Waals surface area (Å²) in [5.41, 5.74) is 2.84. The molecular weight excluding hydrogens is 168 g/mol. The molecule has 2 rings (SSSR count). The first-order valence-electron chi connectivity index (χ1n) is 4.96. The van der Waals surface area contributed by atoms with Crippen LogP contribution in [0.5, 0.6) is 0 Å². The zero-order valence-corrected chi connectivity index (χ0v) is 7.95. The second kappa shape index (κ2) is 3.64. The second-order valence-electron chi connectivity index (χ2n) is 3.85. The van der Waals surface area contributed by atoms with Crippen LogP contribution in [0, 0.1) is 5.92 Å². The first-order valence-corrected chi connectivity index (χ1v) is 4.96. The van der Waals surface area contributed by atoms with Crippen molar-refractivity contribution >= 4 is 5.91 Å². The van der Waals surface area contributed by atoms with Crippen molar-refractivity contribution in [1.29, 1.82) is 0 Å². The minimum Gasteiger partial charge on any atom is -0.361 e. The highest BCUT2D eigenvalue weighted by Crippen LogP contribution is 2.19. The zero-order valence-electron chi connectivity index (χ0n) is 7.95. The highest BCUT2D eigenvalue weighted by Gasteiger charge is 2.32. The molecule has 0 aliphatic carbocycles. The van der Waals surface area contributed by atoms with Gasteiger partial charge in [-0.2, -0.15) is 5.01 Å². The maximum absolute atomic E-state index is 11.2. The summed E-state index contributed by atoms with van der Waals surface area (Å²) in [6.45, 7) is 3.55. The summed E-state index contributed by atoms with van der Waals surface area (Å²) in [6, 6.07) is 0. The van der Waals surface area contributed by atoms with E-state index in [2.05, 4.69) is 5.43 Å². The number of hydrogen-bond acceptors (Lipinski definition) is 3. The van der Waals surface area contributed by atoms with Crippen LogP contribution in [0.1, 0.15) is 26.2 Å². The molecule has 0 bridgehead atoms. The monoisotopic (exact) mass is 184 g/mol. The molecule has 2 heterocycles. The molecule has 74 valence electrons. The third-order valence-electron chi connectivity index (χ3n) is 2.68. The van der Waals surface area contributed by atoms with Gasteiger partial charge in [-0.1, -0.05) is 6.92 Å². The van der Waals surface area contributed by atoms with Gasteiger partial charge in [0.1, 0.15) is 6.23 Å². The normalized spacial score (nSPS) is 36.2. The van der Waals surface area contributed by atoms with E-state index < -0.39 is 0 Å². The molecule has 0 aromatic heterocycles. The molecule has 0 spiro atoms. The summed E-state index contributed by atoms with van der Waals surface area (Å²) in [5.74, 6) is 0.222. The number of rotatable bonds is 1. The van der Waals surface area contributed by atoms with Gasteiger partial charge in [-0.3, -0.25) is 10.2 Å². The molecular formula is C9H16N2O2. The second-order valence-corrected chi connectivity index (χ2v) is 3.85. The molecule has 4 nitrogen and oxygen atoms in total. The number of hydrazine groups is 1. The van der Waals surface area contributed by atoms with Crippen LogP contribution in [0.25, 0.3) is 0 Å². The molecule has 2 aliphatic heterocycles. The van der Waals surface area contributed by atoms with Gasteiger partial charge in [0.2, 0.25) is 5.91 Å². The smallest absolute Gasteiger partial charge is 0.238 e. The number of carbonyl (C=O) groups is 1. The third kappa shape index (κ3) is 1.84. The maximum atomic E-state index is 11.2. The number of hydrogen-bond donors (Lipinski definition) is 1. The van der Waals surface area contributed by atoms with Crippen molar-refractivity contribution in [2.75, 3.05) is 13.2 Å². The Kier molecular flexibility index (Phi) is 2.51. The average molecular weight is 184 g/mol. The van der Waals surface area contributed by atoms with Crippen molar-refractivity contribution in [1.82, 2.24) is 10.4 Å². The minimum atomic E-state index is 0.102. The number of carbonyl (C=O) groups excluding carboxylic acids is 1. The maximum Gasteiger partial charge on any atom is 0.238 e. The molecule has 1 N–H and O–H groups in total. The molecule has 0 aromatic rings. The Labute approximate surface area is 78.2 Å². The van der Waals surface area contributed by atoms with Gasteiger partial charge in [0.25, 0.3) is 0 Å². The van der Waals surface area contributed by atoms with Gasteiger partial charge >= 0.3 is 0 Å². The highest BCUT2D eigenvalue weighted by atomic mass is 16.5. The molecule has 2 aliphatic rings. The third-order valence-corrected chi connectivity index (χ3v) is 2.68. The summed E-state index contributed by atoms with van der Waals surface area (Å²) in [4.78, 5) is 11.2. The van der Waals surface area contributed by atoms with Crippen molar-refractivity contribution in [2.45, 2.75) is 32.4 Å². The Bertz CT molecular complexity index is 202. The van der Waals surface area contributed by atoms with E-state index in [1.54, 1.807) is 0 Å². The number of amides is 1. The lowest BCUT2D eigenvalue weighted by Gasteiger charge is -2.30. The van der Waals surface area contributed by atoms with Gasteiger partial charge in [0.15, 0.2) is 0 Å². The van der Waals surface area contributed by atoms with E-state index in [-0.39, 0.29) is 18.1 Å². The van der Waals surface area contributed by atoms with Crippen molar-refractivity contribution in [3.8, 4) is 0 Å². The largest absolute Gasteiger partial charge is 0.361 e. The topological polar surface area (TPSA) is 41.6 Å². The predicted molar refractivity (Wildman–Crippen MR) is 47.6 cm³/mol. The first kappa shape index (κ1) is 8.97. The van der Waals surface area contributed by atoms with E-state index in [1.807, 2.05) is 11.9 Å². The molecule has 0 saturated carbocycles. The minimum absolute atomic E-state index is 0.102.